The predicted molar refractivity (Wildman–Crippen MR) is 87.3 cm³/mol. The molecule has 0 radical (unpaired) electrons. The molecule has 4 amide bonds. The lowest BCUT2D eigenvalue weighted by molar-refractivity contribution is -0.135. The molecule has 23 heavy (non-hydrogen) atoms. The Bertz CT molecular complexity index is 678. The van der Waals surface area contributed by atoms with Crippen molar-refractivity contribution in [1.82, 2.24) is 15.5 Å². The highest BCUT2D eigenvalue weighted by molar-refractivity contribution is 6.35. The summed E-state index contributed by atoms with van der Waals surface area (Å²) in [6.07, 6.45) is 0. The third-order valence-corrected chi connectivity index (χ3v) is 4.04. The van der Waals surface area contributed by atoms with Crippen LogP contribution in [0.25, 0.3) is 0 Å². The van der Waals surface area contributed by atoms with Crippen LogP contribution in [0.5, 0.6) is 0 Å². The van der Waals surface area contributed by atoms with Crippen molar-refractivity contribution in [2.45, 2.75) is 32.4 Å². The Morgan fingerprint density at radius 3 is 2.57 bits per heavy atom. The third kappa shape index (κ3) is 3.43. The van der Waals surface area contributed by atoms with Crippen molar-refractivity contribution in [3.8, 4) is 0 Å². The average molecular weight is 358 g/mol. The molecule has 1 fully saturated rings. The van der Waals surface area contributed by atoms with E-state index in [9.17, 15) is 14.4 Å². The maximum Gasteiger partial charge on any atom is 0.325 e. The summed E-state index contributed by atoms with van der Waals surface area (Å²) in [5.74, 6) is -0.944. The third-order valence-electron chi connectivity index (χ3n) is 3.50. The van der Waals surface area contributed by atoms with Crippen LogP contribution in [0.3, 0.4) is 0 Å². The van der Waals surface area contributed by atoms with Gasteiger partial charge in [-0.1, -0.05) is 29.3 Å². The molecule has 0 saturated carbocycles. The number of amides is 4. The SMILES string of the molecule is CC(C)NC(=O)CN1C(=O)N[C@](C)(c2ccc(Cl)cc2Cl)C1=O. The van der Waals surface area contributed by atoms with Crippen molar-refractivity contribution in [2.75, 3.05) is 6.54 Å². The fourth-order valence-electron chi connectivity index (χ4n) is 2.43. The van der Waals surface area contributed by atoms with Gasteiger partial charge in [-0.05, 0) is 32.9 Å². The number of rotatable bonds is 4. The van der Waals surface area contributed by atoms with E-state index in [0.717, 1.165) is 4.90 Å². The van der Waals surface area contributed by atoms with E-state index in [2.05, 4.69) is 10.6 Å². The van der Waals surface area contributed by atoms with Gasteiger partial charge in [0.2, 0.25) is 5.91 Å². The van der Waals surface area contributed by atoms with E-state index in [1.165, 1.54) is 6.07 Å². The first-order valence-electron chi connectivity index (χ1n) is 7.04. The van der Waals surface area contributed by atoms with Gasteiger partial charge in [0.25, 0.3) is 5.91 Å². The summed E-state index contributed by atoms with van der Waals surface area (Å²) in [7, 11) is 0. The molecule has 1 atom stereocenters. The van der Waals surface area contributed by atoms with E-state index in [1.54, 1.807) is 32.9 Å². The van der Waals surface area contributed by atoms with E-state index in [0.29, 0.717) is 10.6 Å². The number of imide groups is 1. The number of nitrogens with one attached hydrogen (secondary N) is 2. The minimum Gasteiger partial charge on any atom is -0.352 e. The molecule has 0 spiro atoms. The summed E-state index contributed by atoms with van der Waals surface area (Å²) >= 11 is 12.0. The van der Waals surface area contributed by atoms with Crippen molar-refractivity contribution >= 4 is 41.0 Å². The van der Waals surface area contributed by atoms with Crippen LogP contribution in [0, 0.1) is 0 Å². The Hall–Kier alpha value is -1.79. The molecule has 1 aliphatic rings. The molecule has 1 heterocycles. The van der Waals surface area contributed by atoms with Gasteiger partial charge in [0.05, 0.1) is 0 Å². The Morgan fingerprint density at radius 1 is 1.35 bits per heavy atom. The minimum absolute atomic E-state index is 0.0830. The van der Waals surface area contributed by atoms with E-state index >= 15 is 0 Å². The molecular weight excluding hydrogens is 341 g/mol. The number of hydrogen-bond acceptors (Lipinski definition) is 3. The number of benzene rings is 1. The number of carbonyl (C=O) groups is 3. The fourth-order valence-corrected chi connectivity index (χ4v) is 3.03. The molecule has 0 bridgehead atoms. The second kappa shape index (κ2) is 6.37. The zero-order valence-corrected chi connectivity index (χ0v) is 14.5. The van der Waals surface area contributed by atoms with Crippen LogP contribution in [-0.4, -0.2) is 35.3 Å². The largest absolute Gasteiger partial charge is 0.352 e. The van der Waals surface area contributed by atoms with Gasteiger partial charge in [-0.15, -0.1) is 0 Å². The van der Waals surface area contributed by atoms with Gasteiger partial charge in [0, 0.05) is 21.7 Å². The zero-order chi connectivity index (χ0) is 17.4. The van der Waals surface area contributed by atoms with E-state index in [1.807, 2.05) is 0 Å². The van der Waals surface area contributed by atoms with Crippen LogP contribution >= 0.6 is 23.2 Å². The normalized spacial score (nSPS) is 20.9. The van der Waals surface area contributed by atoms with Crippen molar-refractivity contribution in [1.29, 1.82) is 0 Å². The van der Waals surface area contributed by atoms with Gasteiger partial charge >= 0.3 is 6.03 Å². The van der Waals surface area contributed by atoms with Crippen LogP contribution in [-0.2, 0) is 15.1 Å². The number of urea groups is 1. The number of carbonyl (C=O) groups excluding carboxylic acids is 3. The first-order chi connectivity index (χ1) is 10.6. The Labute approximate surface area is 144 Å². The molecule has 8 heteroatoms. The molecule has 1 saturated heterocycles. The predicted octanol–water partition coefficient (Wildman–Crippen LogP) is 2.29. The summed E-state index contributed by atoms with van der Waals surface area (Å²) in [5.41, 5.74) is -0.912. The second-order valence-corrected chi connectivity index (χ2v) is 6.64. The first kappa shape index (κ1) is 17.6. The van der Waals surface area contributed by atoms with E-state index in [-0.39, 0.29) is 17.6 Å². The zero-order valence-electron chi connectivity index (χ0n) is 12.9. The van der Waals surface area contributed by atoms with Gasteiger partial charge in [0.15, 0.2) is 0 Å². The maximum absolute atomic E-state index is 12.7. The van der Waals surface area contributed by atoms with Crippen molar-refractivity contribution < 1.29 is 14.4 Å². The van der Waals surface area contributed by atoms with Gasteiger partial charge < -0.3 is 10.6 Å². The Morgan fingerprint density at radius 2 is 2.00 bits per heavy atom. The van der Waals surface area contributed by atoms with Gasteiger partial charge in [-0.2, -0.15) is 0 Å². The number of hydrogen-bond donors (Lipinski definition) is 2. The van der Waals surface area contributed by atoms with Gasteiger partial charge in [-0.25, -0.2) is 4.79 Å². The number of halogens is 2. The minimum atomic E-state index is -1.34. The molecule has 1 aromatic carbocycles. The highest BCUT2D eigenvalue weighted by Gasteiger charge is 2.50. The standard InChI is InChI=1S/C15H17Cl2N3O3/c1-8(2)18-12(21)7-20-13(22)15(3,19-14(20)23)10-5-4-9(16)6-11(10)17/h4-6,8H,7H2,1-3H3,(H,18,21)(H,19,23)/t15-/m1/s1. The smallest absolute Gasteiger partial charge is 0.325 e. The lowest BCUT2D eigenvalue weighted by atomic mass is 9.92. The molecule has 0 aromatic heterocycles. The molecule has 0 aliphatic carbocycles. The highest BCUT2D eigenvalue weighted by atomic mass is 35.5. The second-order valence-electron chi connectivity index (χ2n) is 5.79. The molecule has 6 nitrogen and oxygen atoms in total. The molecule has 1 aromatic rings. The van der Waals surface area contributed by atoms with Crippen LogP contribution in [0.15, 0.2) is 18.2 Å². The number of nitrogens with zero attached hydrogens (tertiary/aromatic N) is 1. The molecule has 2 N–H and O–H groups in total. The van der Waals surface area contributed by atoms with Crippen molar-refractivity contribution in [3.63, 3.8) is 0 Å². The van der Waals surface area contributed by atoms with Crippen LogP contribution < -0.4 is 10.6 Å². The summed E-state index contributed by atoms with van der Waals surface area (Å²) < 4.78 is 0. The molecular formula is C15H17Cl2N3O3. The van der Waals surface area contributed by atoms with Gasteiger partial charge in [-0.3, -0.25) is 14.5 Å². The Kier molecular flexibility index (Phi) is 4.87. The van der Waals surface area contributed by atoms with Crippen LogP contribution in [0.1, 0.15) is 26.3 Å². The summed E-state index contributed by atoms with van der Waals surface area (Å²) in [6, 6.07) is 3.95. The molecule has 124 valence electrons. The molecule has 1 aliphatic heterocycles. The summed E-state index contributed by atoms with van der Waals surface area (Å²) in [6.45, 7) is 4.79. The van der Waals surface area contributed by atoms with Gasteiger partial charge in [0.1, 0.15) is 12.1 Å². The topological polar surface area (TPSA) is 78.5 Å². The van der Waals surface area contributed by atoms with Crippen LogP contribution in [0.2, 0.25) is 10.0 Å². The summed E-state index contributed by atoms with van der Waals surface area (Å²) in [4.78, 5) is 37.5. The first-order valence-corrected chi connectivity index (χ1v) is 7.79. The van der Waals surface area contributed by atoms with Crippen molar-refractivity contribution in [2.24, 2.45) is 0 Å². The average Bonchev–Trinajstić information content (AvgIpc) is 2.62. The fraction of sp³-hybridized carbons (Fsp3) is 0.400. The van der Waals surface area contributed by atoms with E-state index in [4.69, 9.17) is 23.2 Å². The lowest BCUT2D eigenvalue weighted by Crippen LogP contribution is -2.44. The van der Waals surface area contributed by atoms with Crippen molar-refractivity contribution in [3.05, 3.63) is 33.8 Å². The van der Waals surface area contributed by atoms with E-state index < -0.39 is 23.4 Å². The molecule has 2 rings (SSSR count). The Balaban J connectivity index is 2.27. The maximum atomic E-state index is 12.7. The highest BCUT2D eigenvalue weighted by Crippen LogP contribution is 2.34. The molecule has 0 unspecified atom stereocenters. The summed E-state index contributed by atoms with van der Waals surface area (Å²) in [5, 5.41) is 5.92. The quantitative estimate of drug-likeness (QED) is 0.811. The van der Waals surface area contributed by atoms with Crippen LogP contribution in [0.4, 0.5) is 4.79 Å². The lowest BCUT2D eigenvalue weighted by Gasteiger charge is -2.23. The monoisotopic (exact) mass is 357 g/mol.